The van der Waals surface area contributed by atoms with E-state index in [1.165, 1.54) is 117 Å². The summed E-state index contributed by atoms with van der Waals surface area (Å²) in [4.78, 5) is 5.44. The van der Waals surface area contributed by atoms with Crippen LogP contribution < -0.4 is 19.1 Å². The summed E-state index contributed by atoms with van der Waals surface area (Å²) in [6, 6.07) is 69.3. The molecule has 5 heteroatoms. The lowest BCUT2D eigenvalue weighted by Crippen LogP contribution is -2.78. The smallest absolute Gasteiger partial charge is 0.266 e. The fraction of sp³-hybridized carbons (Fsp3) is 0.145. The molecular formula is C62H51N5+2. The first-order chi connectivity index (χ1) is 32.8. The van der Waals surface area contributed by atoms with Crippen molar-refractivity contribution in [2.24, 2.45) is 0 Å². The van der Waals surface area contributed by atoms with Crippen molar-refractivity contribution >= 4 is 55.9 Å². The molecule has 8 aromatic carbocycles. The molecule has 322 valence electrons. The molecule has 0 N–H and O–H groups in total. The van der Waals surface area contributed by atoms with Gasteiger partial charge in [-0.05, 0) is 121 Å². The Morgan fingerprint density at radius 3 is 1.72 bits per heavy atom. The Labute approximate surface area is 392 Å². The maximum Gasteiger partial charge on any atom is 0.338 e. The maximum absolute atomic E-state index is 2.74. The second kappa shape index (κ2) is 13.7. The standard InChI is InChI=1S/C62H51N5/c1-6-39-36-50-48-27-19-31-55-59(48)67(61-64(55)53-29-16-17-30-54(53)66(61)57-44(41-20-10-8-11-21-41)25-18-26-45(57)42-22-12-9-13-23-42)60-49(51(50)37-40(39)7-2)33-32-47-46-24-14-15-28-52(46)65(58(47)60)56-38-43(62(3,4)5)34-35-63(56)67/h8-38,61H,6-7H2,1-5H3/q+2. The van der Waals surface area contributed by atoms with Gasteiger partial charge in [0.05, 0.1) is 28.2 Å². The summed E-state index contributed by atoms with van der Waals surface area (Å²) in [5.74, 6) is 1.16. The molecule has 0 fully saturated rings. The van der Waals surface area contributed by atoms with Gasteiger partial charge in [0.15, 0.2) is 6.20 Å². The molecule has 10 aromatic rings. The molecule has 4 aliphatic heterocycles. The van der Waals surface area contributed by atoms with Crippen molar-refractivity contribution in [2.45, 2.75) is 59.2 Å². The molecule has 0 aliphatic carbocycles. The number of benzene rings is 8. The Hall–Kier alpha value is -7.73. The third-order valence-electron chi connectivity index (χ3n) is 15.4. The molecule has 0 amide bonds. The van der Waals surface area contributed by atoms with Crippen LogP contribution in [0.25, 0.3) is 72.1 Å². The number of para-hydroxylation sites is 5. The lowest BCUT2D eigenvalue weighted by molar-refractivity contribution is -0.794. The summed E-state index contributed by atoms with van der Waals surface area (Å²) in [5.41, 5.74) is 23.9. The Morgan fingerprint density at radius 2 is 1.06 bits per heavy atom. The van der Waals surface area contributed by atoms with E-state index in [9.17, 15) is 0 Å². The van der Waals surface area contributed by atoms with Crippen molar-refractivity contribution in [2.75, 3.05) is 9.80 Å². The van der Waals surface area contributed by atoms with Crippen LogP contribution in [0.5, 0.6) is 0 Å². The molecule has 14 rings (SSSR count). The molecular weight excluding hydrogens is 815 g/mol. The van der Waals surface area contributed by atoms with Gasteiger partial charge in [0.25, 0.3) is 0 Å². The van der Waals surface area contributed by atoms with E-state index in [1.54, 1.807) is 0 Å². The zero-order chi connectivity index (χ0) is 44.9. The van der Waals surface area contributed by atoms with Crippen LogP contribution in [0.2, 0.25) is 0 Å². The second-order valence-electron chi connectivity index (χ2n) is 19.8. The van der Waals surface area contributed by atoms with Gasteiger partial charge in [0.1, 0.15) is 11.2 Å². The summed E-state index contributed by atoms with van der Waals surface area (Å²) in [7, 11) is 0. The van der Waals surface area contributed by atoms with Gasteiger partial charge >= 0.3 is 12.1 Å². The lowest BCUT2D eigenvalue weighted by atomic mass is 9.87. The number of rotatable bonds is 5. The Bertz CT molecular complexity index is 3670. The summed E-state index contributed by atoms with van der Waals surface area (Å²) < 4.78 is 5.69. The predicted molar refractivity (Wildman–Crippen MR) is 278 cm³/mol. The first-order valence-corrected chi connectivity index (χ1v) is 24.1. The van der Waals surface area contributed by atoms with E-state index in [0.29, 0.717) is 4.59 Å². The number of quaternary nitrogens is 1. The number of fused-ring (bicyclic) bond motifs is 12. The molecule has 2 aromatic heterocycles. The van der Waals surface area contributed by atoms with E-state index in [2.05, 4.69) is 242 Å². The van der Waals surface area contributed by atoms with Crippen LogP contribution in [-0.4, -0.2) is 10.9 Å². The van der Waals surface area contributed by atoms with Crippen LogP contribution in [0.1, 0.15) is 51.3 Å². The molecule has 5 nitrogen and oxygen atoms in total. The minimum Gasteiger partial charge on any atom is -0.266 e. The average molecular weight is 866 g/mol. The first-order valence-electron chi connectivity index (χ1n) is 24.1. The van der Waals surface area contributed by atoms with Crippen molar-refractivity contribution in [1.29, 1.82) is 0 Å². The van der Waals surface area contributed by atoms with E-state index in [-0.39, 0.29) is 11.7 Å². The molecule has 67 heavy (non-hydrogen) atoms. The van der Waals surface area contributed by atoms with Crippen LogP contribution in [-0.2, 0) is 18.3 Å². The van der Waals surface area contributed by atoms with Gasteiger partial charge in [0.2, 0.25) is 16.9 Å². The average Bonchev–Trinajstić information content (AvgIpc) is 3.97. The summed E-state index contributed by atoms with van der Waals surface area (Å²) in [6.45, 7) is 11.7. The minimum atomic E-state index is -0.327. The number of anilines is 4. The van der Waals surface area contributed by atoms with Gasteiger partial charge in [-0.3, -0.25) is 9.80 Å². The normalized spacial score (nSPS) is 17.0. The van der Waals surface area contributed by atoms with Gasteiger partial charge in [-0.2, -0.15) is 4.57 Å². The van der Waals surface area contributed by atoms with Gasteiger partial charge in [0, 0.05) is 28.0 Å². The molecule has 0 radical (unpaired) electrons. The highest BCUT2D eigenvalue weighted by atomic mass is 15.8. The van der Waals surface area contributed by atoms with Crippen molar-refractivity contribution in [3.8, 4) is 50.3 Å². The highest BCUT2D eigenvalue weighted by molar-refractivity contribution is 6.19. The molecule has 4 aliphatic rings. The zero-order valence-corrected chi connectivity index (χ0v) is 38.6. The molecule has 0 saturated carbocycles. The van der Waals surface area contributed by atoms with Gasteiger partial charge in [-0.15, -0.1) is 0 Å². The second-order valence-corrected chi connectivity index (χ2v) is 19.8. The molecule has 6 heterocycles. The fourth-order valence-electron chi connectivity index (χ4n) is 12.6. The van der Waals surface area contributed by atoms with E-state index in [1.807, 2.05) is 0 Å². The molecule has 1 spiro atoms. The number of hydrogen-bond donors (Lipinski definition) is 0. The van der Waals surface area contributed by atoms with Crippen LogP contribution in [0.15, 0.2) is 188 Å². The van der Waals surface area contributed by atoms with E-state index < -0.39 is 0 Å². The van der Waals surface area contributed by atoms with Gasteiger partial charge < -0.3 is 0 Å². The number of aromatic nitrogens is 2. The Kier molecular flexibility index (Phi) is 7.86. The number of aryl methyl sites for hydroxylation is 2. The number of nitrogens with zero attached hydrogens (tertiary/aromatic N) is 5. The minimum absolute atomic E-state index is 0.0864. The van der Waals surface area contributed by atoms with Crippen LogP contribution >= 0.6 is 0 Å². The van der Waals surface area contributed by atoms with Crippen LogP contribution in [0.3, 0.4) is 0 Å². The molecule has 0 bridgehead atoms. The first kappa shape index (κ1) is 38.5. The highest BCUT2D eigenvalue weighted by Crippen LogP contribution is 2.68. The van der Waals surface area contributed by atoms with E-state index in [4.69, 9.17) is 0 Å². The fourth-order valence-corrected chi connectivity index (χ4v) is 12.6. The lowest BCUT2D eigenvalue weighted by Gasteiger charge is -2.42. The third-order valence-corrected chi connectivity index (χ3v) is 15.4. The monoisotopic (exact) mass is 865 g/mol. The quantitative estimate of drug-likeness (QED) is 0.126. The molecule has 0 saturated heterocycles. The van der Waals surface area contributed by atoms with Gasteiger partial charge in [-0.1, -0.05) is 156 Å². The van der Waals surface area contributed by atoms with Crippen LogP contribution in [0.4, 0.5) is 34.1 Å². The largest absolute Gasteiger partial charge is 0.338 e. The summed E-state index contributed by atoms with van der Waals surface area (Å²) >= 11 is 0. The number of pyridine rings is 1. The zero-order valence-electron chi connectivity index (χ0n) is 38.6. The SMILES string of the molecule is CCc1cc2c(cc1CC)-c1ccc3c4ccccc4n4c3c1[N+]1(c3c-2cccc3N2c3ccccc3N(c3c(-c5ccccc5)cccc3-c3ccccc3)C21)[n+]1ccc(C(C)(C)C)cc1-4. The molecule has 2 unspecified atom stereocenters. The van der Waals surface area contributed by atoms with Crippen molar-refractivity contribution in [3.05, 3.63) is 205 Å². The molecule has 2 atom stereocenters. The van der Waals surface area contributed by atoms with E-state index >= 15 is 0 Å². The van der Waals surface area contributed by atoms with Crippen molar-refractivity contribution in [3.63, 3.8) is 0 Å². The van der Waals surface area contributed by atoms with Gasteiger partial charge in [-0.25, -0.2) is 0 Å². The number of hydrogen-bond acceptors (Lipinski definition) is 2. The predicted octanol–water partition coefficient (Wildman–Crippen LogP) is 15.5. The van der Waals surface area contributed by atoms with E-state index in [0.717, 1.165) is 18.7 Å². The third kappa shape index (κ3) is 4.89. The summed E-state index contributed by atoms with van der Waals surface area (Å²) in [6.07, 6.45) is 4.07. The van der Waals surface area contributed by atoms with Crippen molar-refractivity contribution < 1.29 is 4.68 Å². The Balaban J connectivity index is 1.23. The Morgan fingerprint density at radius 1 is 0.493 bits per heavy atom. The topological polar surface area (TPSA) is 15.3 Å². The summed E-state index contributed by atoms with van der Waals surface area (Å²) in [5, 5.41) is 2.54. The van der Waals surface area contributed by atoms with Crippen LogP contribution in [0, 0.1) is 0 Å². The maximum atomic E-state index is 2.74. The van der Waals surface area contributed by atoms with Crippen molar-refractivity contribution in [1.82, 2.24) is 9.16 Å². The highest BCUT2D eigenvalue weighted by Gasteiger charge is 2.70.